The van der Waals surface area contributed by atoms with E-state index in [-0.39, 0.29) is 5.91 Å². The second kappa shape index (κ2) is 10.2. The third kappa shape index (κ3) is 5.33. The lowest BCUT2D eigenvalue weighted by molar-refractivity contribution is -0.917. The van der Waals surface area contributed by atoms with Crippen molar-refractivity contribution in [2.24, 2.45) is 0 Å². The zero-order valence-electron chi connectivity index (χ0n) is 18.2. The molecule has 0 aromatic heterocycles. The molecule has 0 aliphatic carbocycles. The fourth-order valence-electron chi connectivity index (χ4n) is 3.75. The van der Waals surface area contributed by atoms with Gasteiger partial charge >= 0.3 is 0 Å². The minimum Gasteiger partial charge on any atom is -0.496 e. The Morgan fingerprint density at radius 1 is 0.967 bits per heavy atom. The first-order chi connectivity index (χ1) is 14.5. The normalized spacial score (nSPS) is 14.7. The highest BCUT2D eigenvalue weighted by atomic mass is 16.5. The molecule has 1 fully saturated rings. The zero-order chi connectivity index (χ0) is 21.5. The standard InChI is InChI=1S/C24H30N2O4/c1-18-5-8-21(28-2)20(15-18)7-10-24(27)26-13-11-25(12-14-26)17-19-6-9-22(29-3)23(16-19)30-4/h5-10,15-16H,11-14,17H2,1-4H3/p+1/b10-7+. The number of carbonyl (C=O) groups excluding carboxylic acids is 1. The summed E-state index contributed by atoms with van der Waals surface area (Å²) in [6.07, 6.45) is 3.49. The van der Waals surface area contributed by atoms with Gasteiger partial charge in [0.1, 0.15) is 12.3 Å². The second-order valence-electron chi connectivity index (χ2n) is 7.52. The predicted octanol–water partition coefficient (Wildman–Crippen LogP) is 1.96. The maximum Gasteiger partial charge on any atom is 0.246 e. The molecule has 160 valence electrons. The van der Waals surface area contributed by atoms with Gasteiger partial charge < -0.3 is 24.0 Å². The van der Waals surface area contributed by atoms with E-state index in [9.17, 15) is 4.79 Å². The fraction of sp³-hybridized carbons (Fsp3) is 0.375. The van der Waals surface area contributed by atoms with Gasteiger partial charge in [0.25, 0.3) is 0 Å². The third-order valence-corrected chi connectivity index (χ3v) is 5.47. The number of benzene rings is 2. The number of ether oxygens (including phenoxy) is 3. The van der Waals surface area contributed by atoms with Gasteiger partial charge in [0, 0.05) is 17.2 Å². The van der Waals surface area contributed by atoms with Crippen molar-refractivity contribution in [2.75, 3.05) is 47.5 Å². The fourth-order valence-corrected chi connectivity index (χ4v) is 3.75. The van der Waals surface area contributed by atoms with E-state index in [0.717, 1.165) is 61.1 Å². The summed E-state index contributed by atoms with van der Waals surface area (Å²) in [4.78, 5) is 16.0. The lowest BCUT2D eigenvalue weighted by Gasteiger charge is -2.31. The molecule has 0 saturated carbocycles. The monoisotopic (exact) mass is 411 g/mol. The summed E-state index contributed by atoms with van der Waals surface area (Å²) in [5, 5.41) is 0. The smallest absolute Gasteiger partial charge is 0.246 e. The van der Waals surface area contributed by atoms with Crippen LogP contribution in [0.5, 0.6) is 17.2 Å². The van der Waals surface area contributed by atoms with Crippen LogP contribution < -0.4 is 19.1 Å². The van der Waals surface area contributed by atoms with Crippen LogP contribution >= 0.6 is 0 Å². The number of nitrogens with one attached hydrogen (secondary N) is 1. The Bertz CT molecular complexity index is 902. The first-order valence-corrected chi connectivity index (χ1v) is 10.2. The van der Waals surface area contributed by atoms with Gasteiger partial charge in [0.15, 0.2) is 11.5 Å². The van der Waals surface area contributed by atoms with Crippen LogP contribution in [0.2, 0.25) is 0 Å². The van der Waals surface area contributed by atoms with E-state index >= 15 is 0 Å². The molecule has 0 spiro atoms. The van der Waals surface area contributed by atoms with Crippen molar-refractivity contribution in [3.05, 3.63) is 59.2 Å². The van der Waals surface area contributed by atoms with Crippen LogP contribution in [0.15, 0.2) is 42.5 Å². The van der Waals surface area contributed by atoms with Crippen LogP contribution in [0.1, 0.15) is 16.7 Å². The van der Waals surface area contributed by atoms with Crippen LogP contribution in [0, 0.1) is 6.92 Å². The number of hydrogen-bond donors (Lipinski definition) is 1. The molecule has 6 nitrogen and oxygen atoms in total. The van der Waals surface area contributed by atoms with Crippen LogP contribution in [0.25, 0.3) is 6.08 Å². The van der Waals surface area contributed by atoms with Crippen molar-refractivity contribution in [3.63, 3.8) is 0 Å². The number of rotatable bonds is 7. The molecular formula is C24H31N2O4+. The molecule has 0 radical (unpaired) electrons. The molecule has 6 heteroatoms. The molecule has 1 aliphatic heterocycles. The van der Waals surface area contributed by atoms with Gasteiger partial charge in [0.05, 0.1) is 47.5 Å². The van der Waals surface area contributed by atoms with Crippen molar-refractivity contribution >= 4 is 12.0 Å². The maximum atomic E-state index is 12.6. The average molecular weight is 412 g/mol. The molecule has 1 heterocycles. The average Bonchev–Trinajstić information content (AvgIpc) is 2.78. The second-order valence-corrected chi connectivity index (χ2v) is 7.52. The largest absolute Gasteiger partial charge is 0.496 e. The molecule has 0 atom stereocenters. The zero-order valence-corrected chi connectivity index (χ0v) is 18.2. The number of methoxy groups -OCH3 is 3. The summed E-state index contributed by atoms with van der Waals surface area (Å²) in [6.45, 7) is 6.26. The quantitative estimate of drug-likeness (QED) is 0.708. The highest BCUT2D eigenvalue weighted by Crippen LogP contribution is 2.27. The highest BCUT2D eigenvalue weighted by Gasteiger charge is 2.23. The summed E-state index contributed by atoms with van der Waals surface area (Å²) in [6, 6.07) is 12.0. The Kier molecular flexibility index (Phi) is 7.36. The summed E-state index contributed by atoms with van der Waals surface area (Å²) in [5.74, 6) is 2.31. The maximum absolute atomic E-state index is 12.6. The number of quaternary nitrogens is 1. The van der Waals surface area contributed by atoms with Crippen molar-refractivity contribution in [1.82, 2.24) is 4.90 Å². The van der Waals surface area contributed by atoms with Gasteiger partial charge in [-0.2, -0.15) is 0 Å². The van der Waals surface area contributed by atoms with Crippen molar-refractivity contribution in [1.29, 1.82) is 0 Å². The van der Waals surface area contributed by atoms with E-state index in [1.165, 1.54) is 10.5 Å². The first kappa shape index (κ1) is 21.7. The Morgan fingerprint density at radius 3 is 2.30 bits per heavy atom. The molecule has 2 aromatic rings. The molecule has 1 aliphatic rings. The van der Waals surface area contributed by atoms with E-state index in [4.69, 9.17) is 14.2 Å². The first-order valence-electron chi connectivity index (χ1n) is 10.2. The van der Waals surface area contributed by atoms with Crippen molar-refractivity contribution in [2.45, 2.75) is 13.5 Å². The highest BCUT2D eigenvalue weighted by molar-refractivity contribution is 5.92. The Morgan fingerprint density at radius 2 is 1.63 bits per heavy atom. The van der Waals surface area contributed by atoms with E-state index in [0.29, 0.717) is 0 Å². The number of nitrogens with zero attached hydrogens (tertiary/aromatic N) is 1. The van der Waals surface area contributed by atoms with Crippen LogP contribution in [0.4, 0.5) is 0 Å². The van der Waals surface area contributed by atoms with Crippen LogP contribution in [-0.2, 0) is 11.3 Å². The summed E-state index contributed by atoms with van der Waals surface area (Å²) >= 11 is 0. The van der Waals surface area contributed by atoms with Gasteiger partial charge in [0.2, 0.25) is 5.91 Å². The number of piperazine rings is 1. The molecule has 1 saturated heterocycles. The van der Waals surface area contributed by atoms with Crippen LogP contribution in [0.3, 0.4) is 0 Å². The van der Waals surface area contributed by atoms with Crippen molar-refractivity contribution < 1.29 is 23.9 Å². The molecule has 3 rings (SSSR count). The minimum absolute atomic E-state index is 0.0451. The van der Waals surface area contributed by atoms with Gasteiger partial charge in [-0.3, -0.25) is 4.79 Å². The molecule has 2 aromatic carbocycles. The van der Waals surface area contributed by atoms with Gasteiger partial charge in [-0.1, -0.05) is 11.6 Å². The molecule has 30 heavy (non-hydrogen) atoms. The van der Waals surface area contributed by atoms with E-state index in [2.05, 4.69) is 6.07 Å². The topological polar surface area (TPSA) is 52.4 Å². The van der Waals surface area contributed by atoms with Crippen LogP contribution in [-0.4, -0.2) is 58.3 Å². The summed E-state index contributed by atoms with van der Waals surface area (Å²) in [5.41, 5.74) is 3.26. The SMILES string of the molecule is COc1ccc(C)cc1/C=C/C(=O)N1CC[NH+](Cc2ccc(OC)c(OC)c2)CC1. The Labute approximate surface area is 178 Å². The number of hydrogen-bond acceptors (Lipinski definition) is 4. The lowest BCUT2D eigenvalue weighted by atomic mass is 10.1. The number of amides is 1. The van der Waals surface area contributed by atoms with Gasteiger partial charge in [-0.05, 0) is 43.3 Å². The molecule has 0 bridgehead atoms. The Hall–Kier alpha value is -2.99. The third-order valence-electron chi connectivity index (χ3n) is 5.47. The minimum atomic E-state index is 0.0451. The predicted molar refractivity (Wildman–Crippen MR) is 117 cm³/mol. The van der Waals surface area contributed by atoms with Gasteiger partial charge in [-0.15, -0.1) is 0 Å². The summed E-state index contributed by atoms with van der Waals surface area (Å²) in [7, 11) is 4.94. The van der Waals surface area contributed by atoms with E-state index < -0.39 is 0 Å². The Balaban J connectivity index is 1.55. The molecule has 0 unspecified atom stereocenters. The molecule has 1 N–H and O–H groups in total. The number of carbonyl (C=O) groups is 1. The van der Waals surface area contributed by atoms with Crippen molar-refractivity contribution in [3.8, 4) is 17.2 Å². The molecule has 1 amide bonds. The summed E-state index contributed by atoms with van der Waals surface area (Å²) < 4.78 is 16.1. The number of aryl methyl sites for hydroxylation is 1. The van der Waals surface area contributed by atoms with E-state index in [1.54, 1.807) is 27.4 Å². The molecular weight excluding hydrogens is 380 g/mol. The lowest BCUT2D eigenvalue weighted by Crippen LogP contribution is -3.13. The van der Waals surface area contributed by atoms with E-state index in [1.807, 2.05) is 48.2 Å². The van der Waals surface area contributed by atoms with Gasteiger partial charge in [-0.25, -0.2) is 0 Å².